The molecule has 1 aliphatic carbocycles. The summed E-state index contributed by atoms with van der Waals surface area (Å²) in [5.74, 6) is 1.09. The number of methoxy groups -OCH3 is 1. The van der Waals surface area contributed by atoms with Gasteiger partial charge in [0.25, 0.3) is 5.91 Å². The zero-order chi connectivity index (χ0) is 23.5. The van der Waals surface area contributed by atoms with E-state index in [9.17, 15) is 13.2 Å². The Kier molecular flexibility index (Phi) is 7.66. The van der Waals surface area contributed by atoms with Crippen molar-refractivity contribution >= 4 is 33.2 Å². The maximum atomic E-state index is 12.9. The lowest BCUT2D eigenvalue weighted by Gasteiger charge is -2.27. The van der Waals surface area contributed by atoms with Crippen molar-refractivity contribution in [3.63, 3.8) is 0 Å². The molecular weight excluding hydrogens is 454 g/mol. The number of carbonyl (C=O) groups is 1. The predicted molar refractivity (Wildman–Crippen MR) is 125 cm³/mol. The SMILES string of the molecule is CCn1nc(C(=O)NC[C@H]2CC[C@H](S(C)(=O)=O)CC2)c(Cl)c1-c1cnc(NC)cc1OC. The number of hydrogen-bond donors (Lipinski definition) is 2. The lowest BCUT2D eigenvalue weighted by Crippen LogP contribution is -2.34. The van der Waals surface area contributed by atoms with Crippen molar-refractivity contribution in [2.75, 3.05) is 32.3 Å². The van der Waals surface area contributed by atoms with Crippen molar-refractivity contribution in [3.8, 4) is 17.0 Å². The lowest BCUT2D eigenvalue weighted by atomic mass is 9.89. The van der Waals surface area contributed by atoms with E-state index in [0.717, 1.165) is 12.8 Å². The van der Waals surface area contributed by atoms with Crippen molar-refractivity contribution < 1.29 is 17.9 Å². The largest absolute Gasteiger partial charge is 0.496 e. The van der Waals surface area contributed by atoms with E-state index in [2.05, 4.69) is 20.7 Å². The van der Waals surface area contributed by atoms with Gasteiger partial charge in [-0.05, 0) is 38.5 Å². The molecule has 1 aliphatic rings. The highest BCUT2D eigenvalue weighted by molar-refractivity contribution is 7.91. The predicted octanol–water partition coefficient (Wildman–Crippen LogP) is 3.00. The van der Waals surface area contributed by atoms with Crippen LogP contribution >= 0.6 is 11.6 Å². The molecular formula is C21H30ClN5O4S. The van der Waals surface area contributed by atoms with E-state index in [4.69, 9.17) is 16.3 Å². The standard InChI is InChI=1S/C21H30ClN5O4S/c1-5-27-20(15-12-24-17(23-2)10-16(15)31-3)18(22)19(26-27)21(28)25-11-13-6-8-14(9-7-13)32(4,29)30/h10,12-14H,5-9,11H2,1-4H3,(H,23,24)(H,25,28)/t13-,14-. The van der Waals surface area contributed by atoms with Gasteiger partial charge >= 0.3 is 0 Å². The molecule has 3 rings (SSSR count). The molecule has 0 saturated heterocycles. The summed E-state index contributed by atoms with van der Waals surface area (Å²) in [6.07, 6.45) is 5.72. The lowest BCUT2D eigenvalue weighted by molar-refractivity contribution is 0.0938. The molecule has 1 amide bonds. The molecule has 2 N–H and O–H groups in total. The molecule has 0 aromatic carbocycles. The summed E-state index contributed by atoms with van der Waals surface area (Å²) < 4.78 is 30.6. The molecule has 1 saturated carbocycles. The van der Waals surface area contributed by atoms with E-state index >= 15 is 0 Å². The molecule has 9 nitrogen and oxygen atoms in total. The van der Waals surface area contributed by atoms with Crippen molar-refractivity contribution in [2.24, 2.45) is 5.92 Å². The fraction of sp³-hybridized carbons (Fsp3) is 0.571. The zero-order valence-corrected chi connectivity index (χ0v) is 20.4. The third-order valence-corrected chi connectivity index (χ3v) is 8.00. The van der Waals surface area contributed by atoms with Gasteiger partial charge in [-0.1, -0.05) is 11.6 Å². The van der Waals surface area contributed by atoms with Gasteiger partial charge < -0.3 is 15.4 Å². The Hall–Kier alpha value is -2.33. The first kappa shape index (κ1) is 24.3. The van der Waals surface area contributed by atoms with Gasteiger partial charge in [-0.25, -0.2) is 13.4 Å². The van der Waals surface area contributed by atoms with E-state index < -0.39 is 9.84 Å². The first-order chi connectivity index (χ1) is 15.2. The van der Waals surface area contributed by atoms with Crippen molar-refractivity contribution in [1.29, 1.82) is 0 Å². The van der Waals surface area contributed by atoms with Crippen LogP contribution in [-0.2, 0) is 16.4 Å². The Morgan fingerprint density at radius 2 is 2.00 bits per heavy atom. The van der Waals surface area contributed by atoms with Crippen LogP contribution in [-0.4, -0.2) is 61.3 Å². The number of ether oxygens (including phenoxy) is 1. The van der Waals surface area contributed by atoms with Gasteiger partial charge in [-0.15, -0.1) is 0 Å². The van der Waals surface area contributed by atoms with Crippen LogP contribution in [0.2, 0.25) is 5.02 Å². The Morgan fingerprint density at radius 1 is 1.31 bits per heavy atom. The molecule has 176 valence electrons. The van der Waals surface area contributed by atoms with Crippen LogP contribution in [0.25, 0.3) is 11.3 Å². The van der Waals surface area contributed by atoms with E-state index in [1.807, 2.05) is 6.92 Å². The monoisotopic (exact) mass is 483 g/mol. The molecule has 1 fully saturated rings. The number of hydrogen-bond acceptors (Lipinski definition) is 7. The number of nitrogens with one attached hydrogen (secondary N) is 2. The maximum absolute atomic E-state index is 12.9. The quantitative estimate of drug-likeness (QED) is 0.592. The summed E-state index contributed by atoms with van der Waals surface area (Å²) in [7, 11) is 0.318. The number of nitrogens with zero attached hydrogens (tertiary/aromatic N) is 3. The van der Waals surface area contributed by atoms with Crippen molar-refractivity contribution in [2.45, 2.75) is 44.4 Å². The first-order valence-corrected chi connectivity index (χ1v) is 13.0. The maximum Gasteiger partial charge on any atom is 0.273 e. The number of anilines is 1. The fourth-order valence-electron chi connectivity index (χ4n) is 4.08. The molecule has 2 heterocycles. The van der Waals surface area contributed by atoms with Crippen LogP contribution in [0.1, 0.15) is 43.1 Å². The average Bonchev–Trinajstić information content (AvgIpc) is 3.12. The van der Waals surface area contributed by atoms with Gasteiger partial charge in [0.05, 0.1) is 28.6 Å². The molecule has 0 bridgehead atoms. The highest BCUT2D eigenvalue weighted by Gasteiger charge is 2.29. The highest BCUT2D eigenvalue weighted by Crippen LogP contribution is 2.37. The molecule has 0 atom stereocenters. The molecule has 32 heavy (non-hydrogen) atoms. The summed E-state index contributed by atoms with van der Waals surface area (Å²) in [6, 6.07) is 1.76. The smallest absolute Gasteiger partial charge is 0.273 e. The number of rotatable bonds is 8. The minimum Gasteiger partial charge on any atom is -0.496 e. The normalized spacial score (nSPS) is 18.9. The van der Waals surface area contributed by atoms with Crippen LogP contribution in [0, 0.1) is 5.92 Å². The Labute approximate surface area is 193 Å². The highest BCUT2D eigenvalue weighted by atomic mass is 35.5. The van der Waals surface area contributed by atoms with Gasteiger partial charge in [-0.3, -0.25) is 9.48 Å². The Morgan fingerprint density at radius 3 is 2.56 bits per heavy atom. The van der Waals surface area contributed by atoms with Crippen LogP contribution in [0.4, 0.5) is 5.82 Å². The van der Waals surface area contributed by atoms with Crippen molar-refractivity contribution in [1.82, 2.24) is 20.1 Å². The Bertz CT molecular complexity index is 1080. The number of amides is 1. The van der Waals surface area contributed by atoms with E-state index in [-0.39, 0.29) is 27.8 Å². The fourth-order valence-corrected chi connectivity index (χ4v) is 5.53. The molecule has 2 aromatic heterocycles. The molecule has 0 spiro atoms. The van der Waals surface area contributed by atoms with E-state index in [1.165, 1.54) is 6.26 Å². The number of pyridine rings is 1. The number of aryl methyl sites for hydroxylation is 1. The minimum atomic E-state index is -3.01. The number of aromatic nitrogens is 3. The average molecular weight is 484 g/mol. The third-order valence-electron chi connectivity index (χ3n) is 5.96. The molecule has 0 unspecified atom stereocenters. The summed E-state index contributed by atoms with van der Waals surface area (Å²) in [5.41, 5.74) is 1.36. The third kappa shape index (κ3) is 5.17. The van der Waals surface area contributed by atoms with Gasteiger partial charge in [0.15, 0.2) is 5.69 Å². The van der Waals surface area contributed by atoms with Gasteiger partial charge in [0.1, 0.15) is 21.4 Å². The molecule has 2 aromatic rings. The number of carbonyl (C=O) groups excluding carboxylic acids is 1. The molecule has 11 heteroatoms. The van der Waals surface area contributed by atoms with Gasteiger partial charge in [-0.2, -0.15) is 5.10 Å². The number of sulfone groups is 1. The summed E-state index contributed by atoms with van der Waals surface area (Å²) in [4.78, 5) is 17.2. The second-order valence-electron chi connectivity index (χ2n) is 8.03. The van der Waals surface area contributed by atoms with Gasteiger partial charge in [0, 0.05) is 38.7 Å². The summed E-state index contributed by atoms with van der Waals surface area (Å²) in [6.45, 7) is 2.88. The molecule has 0 radical (unpaired) electrons. The minimum absolute atomic E-state index is 0.146. The zero-order valence-electron chi connectivity index (χ0n) is 18.8. The van der Waals surface area contributed by atoms with E-state index in [1.54, 1.807) is 31.1 Å². The van der Waals surface area contributed by atoms with Crippen LogP contribution in [0.5, 0.6) is 5.75 Å². The second-order valence-corrected chi connectivity index (χ2v) is 10.7. The Balaban J connectivity index is 1.76. The van der Waals surface area contributed by atoms with Crippen LogP contribution in [0.15, 0.2) is 12.3 Å². The topological polar surface area (TPSA) is 115 Å². The van der Waals surface area contributed by atoms with Crippen molar-refractivity contribution in [3.05, 3.63) is 23.0 Å². The van der Waals surface area contributed by atoms with Crippen LogP contribution < -0.4 is 15.4 Å². The van der Waals surface area contributed by atoms with Crippen LogP contribution in [0.3, 0.4) is 0 Å². The second kappa shape index (κ2) is 10.1. The summed E-state index contributed by atoms with van der Waals surface area (Å²) >= 11 is 6.62. The van der Waals surface area contributed by atoms with Gasteiger partial charge in [0.2, 0.25) is 0 Å². The first-order valence-electron chi connectivity index (χ1n) is 10.6. The van der Waals surface area contributed by atoms with E-state index in [0.29, 0.717) is 48.8 Å². The summed E-state index contributed by atoms with van der Waals surface area (Å²) in [5, 5.41) is 10.3. The molecule has 0 aliphatic heterocycles. The number of halogens is 1.